The van der Waals surface area contributed by atoms with E-state index in [1.54, 1.807) is 7.11 Å². The third-order valence-corrected chi connectivity index (χ3v) is 24.9. The van der Waals surface area contributed by atoms with Crippen LogP contribution in [0.1, 0.15) is 183 Å². The van der Waals surface area contributed by atoms with Gasteiger partial charge in [0.15, 0.2) is 0 Å². The minimum atomic E-state index is -3.15. The van der Waals surface area contributed by atoms with Crippen molar-refractivity contribution in [3.63, 3.8) is 0 Å². The standard InChI is InChI=1S/C110H101BF2N2O/c1-105(2,3)82-54-44-70(45-55-82)68-36-40-74(41-37-68)96-97(78-52-62-88-86-30-18-21-33-91(86)109(13,14)93(88)66-78)101(80-28-24-26-76(64-80)72-48-58-84(59-49-72)107(7,8)9)114-102(96)100(90-32-20-23-35-95(90)116-17)104-98(75-42-38-69(39-43-75)71-46-56-83(57-47-71)106(4,5)6)99(79-53-63-89-87-31-19-22-34-92(87)110(15,16)94(89)67-79)103(115(104)111(112)113)81-29-25-27-77(65-81)73-50-60-85(61-51-73)108(10,11)12/h18-67H,1-17H3/b102-100-. The van der Waals surface area contributed by atoms with Crippen LogP contribution in [0.25, 0.3) is 117 Å². The molecule has 6 heteroatoms. The molecule has 0 radical (unpaired) electrons. The highest BCUT2D eigenvalue weighted by atomic mass is 19.2. The minimum absolute atomic E-state index is 0.0409. The van der Waals surface area contributed by atoms with Crippen molar-refractivity contribution in [3.8, 4) is 106 Å². The van der Waals surface area contributed by atoms with Gasteiger partial charge in [-0.1, -0.05) is 384 Å². The molecule has 13 aromatic carbocycles. The molecule has 0 saturated heterocycles. The molecule has 0 bridgehead atoms. The number of allylic oxidation sites excluding steroid dienone is 2. The van der Waals surface area contributed by atoms with E-state index in [1.807, 2.05) is 36.4 Å². The molecule has 2 aliphatic carbocycles. The predicted octanol–water partition coefficient (Wildman–Crippen LogP) is 29.6. The van der Waals surface area contributed by atoms with Crippen LogP contribution < -0.4 is 4.74 Å². The van der Waals surface area contributed by atoms with Gasteiger partial charge in [-0.05, 0) is 191 Å². The first kappa shape index (κ1) is 76.6. The highest BCUT2D eigenvalue weighted by Crippen LogP contribution is 2.58. The van der Waals surface area contributed by atoms with E-state index in [4.69, 9.17) is 9.73 Å². The first-order chi connectivity index (χ1) is 55.3. The Labute approximate surface area is 686 Å². The lowest BCUT2D eigenvalue weighted by atomic mass is 9.80. The molecule has 3 nitrogen and oxygen atoms in total. The summed E-state index contributed by atoms with van der Waals surface area (Å²) in [7, 11) is -1.46. The quantitative estimate of drug-likeness (QED) is 0.0997. The predicted molar refractivity (Wildman–Crippen MR) is 487 cm³/mol. The maximum atomic E-state index is 19.1. The van der Waals surface area contributed by atoms with Gasteiger partial charge in [0.05, 0.1) is 24.2 Å². The zero-order valence-corrected chi connectivity index (χ0v) is 70.0. The number of hydrogen-bond donors (Lipinski definition) is 0. The molecule has 0 saturated carbocycles. The second-order valence-electron chi connectivity index (χ2n) is 37.2. The molecule has 1 aromatic heterocycles. The number of para-hydroxylation sites is 1. The third-order valence-electron chi connectivity index (χ3n) is 24.9. The minimum Gasteiger partial charge on any atom is -0.496 e. The zero-order valence-electron chi connectivity index (χ0n) is 70.0. The number of rotatable bonds is 14. The Morgan fingerprint density at radius 1 is 0.319 bits per heavy atom. The number of hydrogen-bond acceptors (Lipinski definition) is 2. The summed E-state index contributed by atoms with van der Waals surface area (Å²) in [4.78, 5) is 6.34. The molecule has 0 spiro atoms. The second-order valence-corrected chi connectivity index (χ2v) is 37.2. The lowest BCUT2D eigenvalue weighted by Gasteiger charge is -2.23. The van der Waals surface area contributed by atoms with Crippen LogP contribution >= 0.6 is 0 Å². The van der Waals surface area contributed by atoms with E-state index >= 15 is 8.63 Å². The number of halogens is 2. The second kappa shape index (κ2) is 28.8. The van der Waals surface area contributed by atoms with Gasteiger partial charge in [0.1, 0.15) is 5.75 Å². The molecular formula is C110H101BF2N2O. The van der Waals surface area contributed by atoms with Gasteiger partial charge in [-0.15, -0.1) is 0 Å². The van der Waals surface area contributed by atoms with Gasteiger partial charge in [0.25, 0.3) is 0 Å². The largest absolute Gasteiger partial charge is 0.678 e. The summed E-state index contributed by atoms with van der Waals surface area (Å²) in [6.07, 6.45) is 0. The van der Waals surface area contributed by atoms with E-state index in [9.17, 15) is 0 Å². The van der Waals surface area contributed by atoms with E-state index in [1.165, 1.54) is 60.1 Å². The molecule has 0 unspecified atom stereocenters. The van der Waals surface area contributed by atoms with Gasteiger partial charge in [0.2, 0.25) is 0 Å². The molecule has 17 rings (SSSR count). The van der Waals surface area contributed by atoms with Crippen LogP contribution in [-0.4, -0.2) is 24.7 Å². The lowest BCUT2D eigenvalue weighted by Crippen LogP contribution is -2.18. The fourth-order valence-electron chi connectivity index (χ4n) is 18.2. The van der Waals surface area contributed by atoms with Crippen LogP contribution in [0.5, 0.6) is 5.75 Å². The highest BCUT2D eigenvalue weighted by molar-refractivity contribution is 6.44. The average Bonchev–Trinajstić information content (AvgIpc) is 1.56. The van der Waals surface area contributed by atoms with Gasteiger partial charge < -0.3 is 9.21 Å². The van der Waals surface area contributed by atoms with Gasteiger partial charge in [-0.3, -0.25) is 8.63 Å². The van der Waals surface area contributed by atoms with Crippen molar-refractivity contribution < 1.29 is 13.4 Å². The van der Waals surface area contributed by atoms with Crippen LogP contribution in [0.15, 0.2) is 314 Å². The number of ether oxygens (including phenoxy) is 1. The highest BCUT2D eigenvalue weighted by Gasteiger charge is 2.43. The monoisotopic (exact) mass is 1510 g/mol. The molecular weight excluding hydrogens is 1410 g/mol. The number of nitrogens with zero attached hydrogens (tertiary/aromatic N) is 2. The average molecular weight is 1520 g/mol. The van der Waals surface area contributed by atoms with Crippen LogP contribution in [0.4, 0.5) is 8.63 Å². The molecule has 116 heavy (non-hydrogen) atoms. The number of fused-ring (bicyclic) bond motifs is 6. The summed E-state index contributed by atoms with van der Waals surface area (Å²) >= 11 is 0. The summed E-state index contributed by atoms with van der Waals surface area (Å²) in [5.74, 6) is 0.495. The Morgan fingerprint density at radius 2 is 0.672 bits per heavy atom. The Morgan fingerprint density at radius 3 is 1.12 bits per heavy atom. The van der Waals surface area contributed by atoms with Crippen LogP contribution in [0.3, 0.4) is 0 Å². The van der Waals surface area contributed by atoms with Crippen LogP contribution in [0.2, 0.25) is 0 Å². The fraction of sp³-hybridized carbons (Fsp3) is 0.209. The van der Waals surface area contributed by atoms with Crippen molar-refractivity contribution in [1.82, 2.24) is 4.48 Å². The number of methoxy groups -OCH3 is 1. The first-order valence-corrected chi connectivity index (χ1v) is 41.0. The topological polar surface area (TPSA) is 26.5 Å². The van der Waals surface area contributed by atoms with Crippen molar-refractivity contribution >= 4 is 29.8 Å². The summed E-state index contributed by atoms with van der Waals surface area (Å²) in [5.41, 5.74) is 32.1. The fourth-order valence-corrected chi connectivity index (χ4v) is 18.2. The Balaban J connectivity index is 1.05. The maximum Gasteiger partial charge on any atom is 0.678 e. The zero-order chi connectivity index (χ0) is 81.3. The van der Waals surface area contributed by atoms with Crippen molar-refractivity contribution in [2.75, 3.05) is 7.11 Å². The molecule has 1 aliphatic heterocycles. The van der Waals surface area contributed by atoms with Crippen molar-refractivity contribution in [2.24, 2.45) is 4.99 Å². The van der Waals surface area contributed by atoms with E-state index in [0.717, 1.165) is 94.6 Å². The maximum absolute atomic E-state index is 19.1. The SMILES string of the molecule is COc1ccccc1/C(=C1/N=C(c2cccc(-c3ccc(C(C)(C)C)cc3)c2)C(c2ccc3c(c2)C(C)(C)c2ccccc2-3)=C1c1ccc(-c2ccc(C(C)(C)C)cc2)cc1)c1c(-c2ccc(-c3ccc(C(C)(C)C)cc3)cc2)c(-c2ccc3c(c2)C(C)(C)c2ccccc2-3)c(-c2cccc(-c3ccc(C(C)(C)C)cc3)c2)n1B(F)F. The number of aliphatic imine (C=N–C) groups is 1. The van der Waals surface area contributed by atoms with Crippen LogP contribution in [-0.2, 0) is 32.5 Å². The Kier molecular flexibility index (Phi) is 19.0. The van der Waals surface area contributed by atoms with Crippen LogP contribution in [0, 0.1) is 0 Å². The molecule has 574 valence electrons. The molecule has 0 amide bonds. The lowest BCUT2D eigenvalue weighted by molar-refractivity contribution is 0.413. The summed E-state index contributed by atoms with van der Waals surface area (Å²) < 4.78 is 46.3. The molecule has 0 N–H and O–H groups in total. The first-order valence-electron chi connectivity index (χ1n) is 41.0. The molecule has 2 heterocycles. The Hall–Kier alpha value is -12.0. The van der Waals surface area contributed by atoms with Crippen molar-refractivity contribution in [1.29, 1.82) is 0 Å². The van der Waals surface area contributed by atoms with Crippen molar-refractivity contribution in [2.45, 2.75) is 143 Å². The van der Waals surface area contributed by atoms with Crippen molar-refractivity contribution in [3.05, 3.63) is 381 Å². The summed E-state index contributed by atoms with van der Waals surface area (Å²) in [6.45, 7) is 36.1. The number of aromatic nitrogens is 1. The molecule has 14 aromatic rings. The van der Waals surface area contributed by atoms with Gasteiger partial charge in [-0.25, -0.2) is 4.99 Å². The Bertz CT molecular complexity index is 6290. The van der Waals surface area contributed by atoms with E-state index < -0.39 is 18.2 Å². The molecule has 3 aliphatic rings. The van der Waals surface area contributed by atoms with Gasteiger partial charge in [-0.2, -0.15) is 0 Å². The van der Waals surface area contributed by atoms with Gasteiger partial charge >= 0.3 is 7.40 Å². The molecule has 0 fully saturated rings. The van der Waals surface area contributed by atoms with E-state index in [2.05, 4.69) is 378 Å². The van der Waals surface area contributed by atoms with Gasteiger partial charge in [0, 0.05) is 55.5 Å². The smallest absolute Gasteiger partial charge is 0.496 e. The van der Waals surface area contributed by atoms with E-state index in [-0.39, 0.29) is 27.4 Å². The third kappa shape index (κ3) is 13.6. The summed E-state index contributed by atoms with van der Waals surface area (Å²) in [6, 6.07) is 109. The van der Waals surface area contributed by atoms with E-state index in [0.29, 0.717) is 50.7 Å². The normalized spacial score (nSPS) is 14.6. The summed E-state index contributed by atoms with van der Waals surface area (Å²) in [5, 5.41) is 0. The number of benzene rings is 13. The molecule has 0 atom stereocenters.